The van der Waals surface area contributed by atoms with Gasteiger partial charge in [0.05, 0.1) is 5.56 Å². The Morgan fingerprint density at radius 3 is 2.50 bits per heavy atom. The van der Waals surface area contributed by atoms with Gasteiger partial charge in [-0.1, -0.05) is 48.6 Å². The molecule has 2 aromatic rings. The summed E-state index contributed by atoms with van der Waals surface area (Å²) >= 11 is 0. The van der Waals surface area contributed by atoms with E-state index in [9.17, 15) is 14.7 Å². The van der Waals surface area contributed by atoms with E-state index in [1.54, 1.807) is 12.1 Å². The summed E-state index contributed by atoms with van der Waals surface area (Å²) < 4.78 is 0. The van der Waals surface area contributed by atoms with Crippen molar-refractivity contribution in [1.82, 2.24) is 0 Å². The van der Waals surface area contributed by atoms with Crippen LogP contribution in [-0.2, 0) is 17.6 Å². The molecule has 0 fully saturated rings. The Labute approximate surface area is 129 Å². The molecule has 3 heteroatoms. The van der Waals surface area contributed by atoms with E-state index in [-0.39, 0.29) is 17.7 Å². The second-order valence-electron chi connectivity index (χ2n) is 5.04. The lowest BCUT2D eigenvalue weighted by molar-refractivity contribution is -0.114. The number of hydrogen-bond acceptors (Lipinski definition) is 3. The molecule has 0 spiro atoms. The molecule has 0 atom stereocenters. The Morgan fingerprint density at radius 1 is 1.05 bits per heavy atom. The molecule has 0 aliphatic carbocycles. The first kappa shape index (κ1) is 15.7. The molecular formula is C19H18O3. The number of carbonyl (C=O) groups excluding carboxylic acids is 2. The van der Waals surface area contributed by atoms with Crippen molar-refractivity contribution < 1.29 is 14.7 Å². The number of carbonyl (C=O) groups is 2. The molecule has 1 N–H and O–H groups in total. The van der Waals surface area contributed by atoms with Crippen LogP contribution in [-0.4, -0.2) is 16.7 Å². The van der Waals surface area contributed by atoms with E-state index >= 15 is 0 Å². The molecule has 22 heavy (non-hydrogen) atoms. The number of phenolic OH excluding ortho intramolecular Hbond substituents is 1. The van der Waals surface area contributed by atoms with Gasteiger partial charge in [-0.2, -0.15) is 0 Å². The summed E-state index contributed by atoms with van der Waals surface area (Å²) in [5.74, 6) is -1.34. The lowest BCUT2D eigenvalue weighted by Crippen LogP contribution is -2.16. The van der Waals surface area contributed by atoms with Crippen molar-refractivity contribution in [2.45, 2.75) is 19.8 Å². The number of phenols is 1. The van der Waals surface area contributed by atoms with E-state index in [1.807, 2.05) is 43.3 Å². The highest BCUT2D eigenvalue weighted by atomic mass is 16.3. The molecule has 112 valence electrons. The first-order valence-electron chi connectivity index (χ1n) is 7.16. The van der Waals surface area contributed by atoms with Crippen molar-refractivity contribution in [2.24, 2.45) is 0 Å². The zero-order chi connectivity index (χ0) is 15.9. The van der Waals surface area contributed by atoms with Crippen LogP contribution < -0.4 is 0 Å². The van der Waals surface area contributed by atoms with Crippen LogP contribution in [0.25, 0.3) is 0 Å². The summed E-state index contributed by atoms with van der Waals surface area (Å²) in [5.41, 5.74) is 1.95. The van der Waals surface area contributed by atoms with Crippen LogP contribution in [0.5, 0.6) is 5.75 Å². The summed E-state index contributed by atoms with van der Waals surface area (Å²) in [7, 11) is 0. The van der Waals surface area contributed by atoms with Gasteiger partial charge in [-0.3, -0.25) is 9.59 Å². The second-order valence-corrected chi connectivity index (χ2v) is 5.04. The number of Topliss-reactive ketones (excluding diaryl/α,β-unsaturated/α-hetero) is 2. The largest absolute Gasteiger partial charge is 0.507 e. The maximum Gasteiger partial charge on any atom is 0.232 e. The number of allylic oxidation sites excluding steroid dienone is 2. The van der Waals surface area contributed by atoms with Crippen molar-refractivity contribution in [3.8, 4) is 5.75 Å². The van der Waals surface area contributed by atoms with Crippen molar-refractivity contribution in [1.29, 1.82) is 0 Å². The molecule has 0 radical (unpaired) electrons. The van der Waals surface area contributed by atoms with Crippen molar-refractivity contribution in [3.63, 3.8) is 0 Å². The highest BCUT2D eigenvalue weighted by Crippen LogP contribution is 2.17. The topological polar surface area (TPSA) is 54.4 Å². The number of ketones is 2. The van der Waals surface area contributed by atoms with Gasteiger partial charge in [0.2, 0.25) is 11.6 Å². The zero-order valence-electron chi connectivity index (χ0n) is 12.5. The lowest BCUT2D eigenvalue weighted by atomic mass is 9.99. The van der Waals surface area contributed by atoms with E-state index in [4.69, 9.17) is 0 Å². The molecule has 0 heterocycles. The van der Waals surface area contributed by atoms with Crippen molar-refractivity contribution in [3.05, 3.63) is 77.4 Å². The molecule has 0 aliphatic heterocycles. The van der Waals surface area contributed by atoms with E-state index in [1.165, 1.54) is 12.1 Å². The van der Waals surface area contributed by atoms with Gasteiger partial charge in [0.15, 0.2) is 0 Å². The average molecular weight is 294 g/mol. The Balaban J connectivity index is 2.12. The summed E-state index contributed by atoms with van der Waals surface area (Å²) in [4.78, 5) is 24.2. The predicted molar refractivity (Wildman–Crippen MR) is 86.1 cm³/mol. The first-order valence-corrected chi connectivity index (χ1v) is 7.16. The van der Waals surface area contributed by atoms with Crippen LogP contribution in [0.3, 0.4) is 0 Å². The maximum absolute atomic E-state index is 12.1. The molecule has 0 bridgehead atoms. The smallest absolute Gasteiger partial charge is 0.232 e. The van der Waals surface area contributed by atoms with E-state index in [0.29, 0.717) is 0 Å². The Kier molecular flexibility index (Phi) is 5.26. The summed E-state index contributed by atoms with van der Waals surface area (Å²) in [6.45, 7) is 1.96. The standard InChI is InChI=1S/C19H18O3/c1-2-3-7-14-8-6-9-15(12-14)13-18(21)19(22)16-10-4-5-11-17(16)20/h2-6,8-12,20H,7,13H2,1H3. The second kappa shape index (κ2) is 7.36. The third-order valence-electron chi connectivity index (χ3n) is 3.35. The molecule has 0 amide bonds. The van der Waals surface area contributed by atoms with Gasteiger partial charge < -0.3 is 5.11 Å². The Bertz CT molecular complexity index is 714. The average Bonchev–Trinajstić information content (AvgIpc) is 2.53. The summed E-state index contributed by atoms with van der Waals surface area (Å²) in [6.07, 6.45) is 4.84. The number of aromatic hydroxyl groups is 1. The Morgan fingerprint density at radius 2 is 1.77 bits per heavy atom. The minimum Gasteiger partial charge on any atom is -0.507 e. The van der Waals surface area contributed by atoms with Gasteiger partial charge in [0, 0.05) is 6.42 Å². The minimum atomic E-state index is -0.656. The van der Waals surface area contributed by atoms with Crippen molar-refractivity contribution >= 4 is 11.6 Å². The van der Waals surface area contributed by atoms with Crippen LogP contribution >= 0.6 is 0 Å². The van der Waals surface area contributed by atoms with E-state index in [2.05, 4.69) is 0 Å². The van der Waals surface area contributed by atoms with Crippen LogP contribution in [0.15, 0.2) is 60.7 Å². The van der Waals surface area contributed by atoms with Crippen LogP contribution in [0.1, 0.15) is 28.4 Å². The molecule has 3 nitrogen and oxygen atoms in total. The van der Waals surface area contributed by atoms with E-state index < -0.39 is 11.6 Å². The van der Waals surface area contributed by atoms with Crippen molar-refractivity contribution in [2.75, 3.05) is 0 Å². The molecule has 2 aromatic carbocycles. The molecule has 0 aliphatic rings. The Hall–Kier alpha value is -2.68. The first-order chi connectivity index (χ1) is 10.6. The molecular weight excluding hydrogens is 276 g/mol. The molecule has 0 saturated carbocycles. The molecule has 0 aromatic heterocycles. The van der Waals surface area contributed by atoms with Crippen LogP contribution in [0, 0.1) is 0 Å². The SMILES string of the molecule is CC=CCc1cccc(CC(=O)C(=O)c2ccccc2O)c1. The number of hydrogen-bond donors (Lipinski definition) is 1. The highest BCUT2D eigenvalue weighted by molar-refractivity contribution is 6.44. The third kappa shape index (κ3) is 3.92. The highest BCUT2D eigenvalue weighted by Gasteiger charge is 2.19. The number of rotatable bonds is 6. The third-order valence-corrected chi connectivity index (χ3v) is 3.35. The number of benzene rings is 2. The van der Waals surface area contributed by atoms with E-state index in [0.717, 1.165) is 17.5 Å². The molecule has 0 saturated heterocycles. The fourth-order valence-electron chi connectivity index (χ4n) is 2.20. The quantitative estimate of drug-likeness (QED) is 0.504. The minimum absolute atomic E-state index is 0.0385. The predicted octanol–water partition coefficient (Wildman–Crippen LogP) is 3.51. The van der Waals surface area contributed by atoms with Crippen LogP contribution in [0.2, 0.25) is 0 Å². The zero-order valence-corrected chi connectivity index (χ0v) is 12.5. The van der Waals surface area contributed by atoms with Gasteiger partial charge in [-0.15, -0.1) is 0 Å². The molecule has 2 rings (SSSR count). The van der Waals surface area contributed by atoms with Gasteiger partial charge in [0.1, 0.15) is 5.75 Å². The van der Waals surface area contributed by atoms with Gasteiger partial charge in [0.25, 0.3) is 0 Å². The summed E-state index contributed by atoms with van der Waals surface area (Å²) in [6, 6.07) is 13.7. The number of para-hydroxylation sites is 1. The monoisotopic (exact) mass is 294 g/mol. The molecule has 0 unspecified atom stereocenters. The fourth-order valence-corrected chi connectivity index (χ4v) is 2.20. The van der Waals surface area contributed by atoms with Gasteiger partial charge in [-0.25, -0.2) is 0 Å². The normalized spacial score (nSPS) is 10.8. The van der Waals surface area contributed by atoms with Crippen LogP contribution in [0.4, 0.5) is 0 Å². The van der Waals surface area contributed by atoms with Gasteiger partial charge >= 0.3 is 0 Å². The summed E-state index contributed by atoms with van der Waals surface area (Å²) in [5, 5.41) is 9.66. The van der Waals surface area contributed by atoms with Gasteiger partial charge in [-0.05, 0) is 36.6 Å². The fraction of sp³-hybridized carbons (Fsp3) is 0.158. The maximum atomic E-state index is 12.1. The lowest BCUT2D eigenvalue weighted by Gasteiger charge is -2.05.